The van der Waals surface area contributed by atoms with Gasteiger partial charge in [-0.2, -0.15) is 0 Å². The van der Waals surface area contributed by atoms with E-state index in [0.717, 1.165) is 75.6 Å². The third-order valence-electron chi connectivity index (χ3n) is 25.0. The molecule has 0 N–H and O–H groups in total. The molecule has 9 aliphatic carbocycles. The van der Waals surface area contributed by atoms with Crippen LogP contribution in [0.5, 0.6) is 0 Å². The fourth-order valence-corrected chi connectivity index (χ4v) is 22.2. The second-order valence-corrected chi connectivity index (χ2v) is 30.8. The average Bonchev–Trinajstić information content (AvgIpc) is 1.35. The van der Waals surface area contributed by atoms with Crippen molar-refractivity contribution in [1.29, 1.82) is 0 Å². The van der Waals surface area contributed by atoms with Crippen LogP contribution in [0.4, 0.5) is 51.2 Å². The minimum Gasteiger partial charge on any atom is -0.310 e. The van der Waals surface area contributed by atoms with Gasteiger partial charge in [0.2, 0.25) is 0 Å². The number of fused-ring (bicyclic) bond motifs is 13. The van der Waals surface area contributed by atoms with Crippen molar-refractivity contribution in [3.63, 3.8) is 0 Å². The number of hydrogen-bond acceptors (Lipinski definition) is 6. The van der Waals surface area contributed by atoms with Crippen LogP contribution >= 0.6 is 0 Å². The Morgan fingerprint density at radius 1 is 0.300 bits per heavy atom. The summed E-state index contributed by atoms with van der Waals surface area (Å²) in [5.74, 6) is 7.44. The molecule has 1 aromatic heterocycles. The number of nitrogens with zero attached hydrogens (tertiary/aromatic N) is 6. The van der Waals surface area contributed by atoms with Crippen LogP contribution < -0.4 is 14.7 Å². The molecule has 12 aliphatic rings. The highest BCUT2D eigenvalue weighted by Gasteiger charge is 2.58. The smallest absolute Gasteiger partial charge is 0.167 e. The molecule has 10 aromatic rings. The fraction of sp³-hybridized carbons (Fsp3) is 0.321. The fourth-order valence-electron chi connectivity index (χ4n) is 22.2. The van der Waals surface area contributed by atoms with Gasteiger partial charge in [0.1, 0.15) is 11.6 Å². The number of hydrogen-bond donors (Lipinski definition) is 0. The molecular weight excluding hydrogens is 1090 g/mol. The number of para-hydroxylation sites is 6. The topological polar surface area (TPSA) is 48.4 Å². The summed E-state index contributed by atoms with van der Waals surface area (Å²) in [4.78, 5) is 26.7. The Balaban J connectivity index is 0.942. The Bertz CT molecular complexity index is 4240. The molecule has 0 saturated heterocycles. The van der Waals surface area contributed by atoms with Gasteiger partial charge >= 0.3 is 0 Å². The minimum absolute atomic E-state index is 0.0684. The van der Waals surface area contributed by atoms with Crippen molar-refractivity contribution in [1.82, 2.24) is 15.0 Å². The molecule has 6 nitrogen and oxygen atoms in total. The van der Waals surface area contributed by atoms with Gasteiger partial charge in [0, 0.05) is 21.7 Å². The lowest BCUT2D eigenvalue weighted by Crippen LogP contribution is -2.51. The van der Waals surface area contributed by atoms with Gasteiger partial charge in [0.05, 0.1) is 62.2 Å². The molecule has 6 heteroatoms. The highest BCUT2D eigenvalue weighted by Crippen LogP contribution is 2.68. The maximum atomic E-state index is 6.33. The van der Waals surface area contributed by atoms with E-state index in [-0.39, 0.29) is 21.7 Å². The number of aromatic nitrogens is 3. The first-order valence-electron chi connectivity index (χ1n) is 34.1. The molecule has 0 unspecified atom stereocenters. The van der Waals surface area contributed by atoms with Crippen molar-refractivity contribution >= 4 is 51.2 Å². The summed E-state index contributed by atoms with van der Waals surface area (Å²) in [6.45, 7) is 9.69. The van der Waals surface area contributed by atoms with E-state index < -0.39 is 5.41 Å². The zero-order valence-electron chi connectivity index (χ0n) is 52.3. The molecule has 8 saturated carbocycles. The van der Waals surface area contributed by atoms with Crippen molar-refractivity contribution in [2.24, 2.45) is 35.5 Å². The first kappa shape index (κ1) is 52.2. The van der Waals surface area contributed by atoms with Gasteiger partial charge in [-0.05, 0) is 217 Å². The molecule has 1 spiro atoms. The average molecular weight is 1170 g/mol. The van der Waals surface area contributed by atoms with Gasteiger partial charge in [-0.25, -0.2) is 15.0 Å². The Kier molecular flexibility index (Phi) is 10.6. The quantitative estimate of drug-likeness (QED) is 0.165. The molecule has 8 bridgehead atoms. The van der Waals surface area contributed by atoms with Crippen LogP contribution in [0.1, 0.15) is 161 Å². The van der Waals surface area contributed by atoms with Crippen molar-refractivity contribution in [3.05, 3.63) is 262 Å². The molecule has 0 radical (unpaired) electrons. The van der Waals surface area contributed by atoms with Crippen LogP contribution in [0, 0.1) is 35.5 Å². The molecule has 4 heterocycles. The normalized spacial score (nSPS) is 27.1. The largest absolute Gasteiger partial charge is 0.310 e. The lowest BCUT2D eigenvalue weighted by molar-refractivity contribution is -0.0155. The van der Waals surface area contributed by atoms with E-state index in [0.29, 0.717) is 0 Å². The second kappa shape index (κ2) is 18.3. The number of anilines is 9. The third-order valence-corrected chi connectivity index (χ3v) is 25.0. The van der Waals surface area contributed by atoms with Crippen LogP contribution in [0.15, 0.2) is 206 Å². The summed E-state index contributed by atoms with van der Waals surface area (Å²) in [6, 6.07) is 79.3. The Morgan fingerprint density at radius 2 is 0.578 bits per heavy atom. The highest BCUT2D eigenvalue weighted by atomic mass is 15.2. The molecule has 0 amide bonds. The number of rotatable bonds is 6. The Morgan fingerprint density at radius 3 is 0.911 bits per heavy atom. The highest BCUT2D eigenvalue weighted by molar-refractivity contribution is 6.05. The van der Waals surface area contributed by atoms with Gasteiger partial charge in [0.25, 0.3) is 0 Å². The molecule has 0 atom stereocenters. The molecular formula is C84H76N6. The summed E-state index contributed by atoms with van der Waals surface area (Å²) < 4.78 is 0. The first-order chi connectivity index (χ1) is 44.0. The van der Waals surface area contributed by atoms with E-state index in [4.69, 9.17) is 15.0 Å². The molecule has 22 rings (SSSR count). The van der Waals surface area contributed by atoms with Gasteiger partial charge < -0.3 is 14.7 Å². The minimum atomic E-state index is -0.568. The van der Waals surface area contributed by atoms with Gasteiger partial charge in [0.15, 0.2) is 5.82 Å². The van der Waals surface area contributed by atoms with Gasteiger partial charge in [-0.15, -0.1) is 0 Å². The first-order valence-corrected chi connectivity index (χ1v) is 34.1. The summed E-state index contributed by atoms with van der Waals surface area (Å²) in [5.41, 5.74) is 23.0. The molecule has 442 valence electrons. The predicted molar refractivity (Wildman–Crippen MR) is 364 cm³/mol. The van der Waals surface area contributed by atoms with Crippen molar-refractivity contribution in [3.8, 4) is 22.5 Å². The maximum absolute atomic E-state index is 6.33. The van der Waals surface area contributed by atoms with E-state index in [1.165, 1.54) is 167 Å². The van der Waals surface area contributed by atoms with E-state index in [1.807, 2.05) is 0 Å². The van der Waals surface area contributed by atoms with Crippen LogP contribution in [-0.4, -0.2) is 15.0 Å². The van der Waals surface area contributed by atoms with E-state index in [1.54, 1.807) is 0 Å². The Hall–Kier alpha value is -8.61. The van der Waals surface area contributed by atoms with Gasteiger partial charge in [-0.1, -0.05) is 185 Å². The van der Waals surface area contributed by atoms with E-state index in [2.05, 4.69) is 249 Å². The second-order valence-electron chi connectivity index (χ2n) is 30.8. The van der Waals surface area contributed by atoms with Crippen LogP contribution in [0.25, 0.3) is 22.5 Å². The van der Waals surface area contributed by atoms with Gasteiger partial charge in [-0.3, -0.25) is 0 Å². The summed E-state index contributed by atoms with van der Waals surface area (Å²) >= 11 is 0. The predicted octanol–water partition coefficient (Wildman–Crippen LogP) is 20.8. The monoisotopic (exact) mass is 1170 g/mol. The third kappa shape index (κ3) is 6.93. The molecule has 90 heavy (non-hydrogen) atoms. The number of benzene rings is 9. The molecule has 9 aromatic carbocycles. The lowest BCUT2D eigenvalue weighted by atomic mass is 9.49. The molecule has 8 fully saturated rings. The Labute approximate surface area is 530 Å². The summed E-state index contributed by atoms with van der Waals surface area (Å²) in [6.07, 6.45) is 15.3. The summed E-state index contributed by atoms with van der Waals surface area (Å²) in [7, 11) is 0. The SMILES string of the molecule is CC1(C)c2ccccc2N(c2cc(N3c4ccccc4C4(c5ccccc5-c5ccccc54)c4ccccc43)cc(N3c4ccccc4C(C)(C)c4ccccc43)c2-c2nc(C34CC5CC(CC(C5)C3)C4)nc(C34CC5CC(CC(C5)C3)C4)n2)c2ccccc21. The van der Waals surface area contributed by atoms with Crippen LogP contribution in [0.2, 0.25) is 0 Å². The van der Waals surface area contributed by atoms with E-state index >= 15 is 0 Å². The lowest BCUT2D eigenvalue weighted by Gasteiger charge is -2.57. The van der Waals surface area contributed by atoms with Crippen molar-refractivity contribution in [2.75, 3.05) is 14.7 Å². The zero-order chi connectivity index (χ0) is 59.6. The van der Waals surface area contributed by atoms with Crippen LogP contribution in [-0.2, 0) is 27.1 Å². The zero-order valence-corrected chi connectivity index (χ0v) is 52.3. The summed E-state index contributed by atoms with van der Waals surface area (Å²) in [5, 5.41) is 0. The van der Waals surface area contributed by atoms with Crippen LogP contribution in [0.3, 0.4) is 0 Å². The standard InChI is InChI=1S/C84H76N6/c1-80(2)62-25-9-15-31-68(62)89(69-32-16-10-26-63(69)80)74-43-57(88-72-35-19-13-29-66(72)84(67-30-14-20-36-73(67)88)60-23-7-5-21-58(60)59-22-6-8-24-61(59)84)44-75(90-70-33-17-11-27-64(70)81(3,4)65-28-12-18-34-71(65)90)76(74)77-85-78(82-45-51-37-52(46-82)39-53(38-51)47-82)87-79(86-77)83-48-54-40-55(49-83)42-56(41-54)50-83/h5-36,43-44,51-56H,37-42,45-50H2,1-4H3. The van der Waals surface area contributed by atoms with E-state index in [9.17, 15) is 0 Å². The molecule has 3 aliphatic heterocycles. The van der Waals surface area contributed by atoms with Crippen molar-refractivity contribution in [2.45, 2.75) is 132 Å². The van der Waals surface area contributed by atoms with Crippen molar-refractivity contribution < 1.29 is 0 Å². The maximum Gasteiger partial charge on any atom is 0.167 e.